The number of hydrogen-bond acceptors (Lipinski definition) is 5. The lowest BCUT2D eigenvalue weighted by atomic mass is 10.1. The largest absolute Gasteiger partial charge is 0.497 e. The molecule has 0 bridgehead atoms. The molecule has 0 fully saturated rings. The molecule has 0 saturated heterocycles. The number of amides is 1. The van der Waals surface area contributed by atoms with E-state index in [1.807, 2.05) is 36.4 Å². The number of aryl methyl sites for hydroxylation is 1. The molecular weight excluding hydrogens is 473 g/mol. The van der Waals surface area contributed by atoms with Gasteiger partial charge in [0.1, 0.15) is 11.6 Å². The van der Waals surface area contributed by atoms with Crippen LogP contribution in [0.5, 0.6) is 5.75 Å². The normalized spacial score (nSPS) is 11.5. The maximum atomic E-state index is 13.5. The first kappa shape index (κ1) is 25.6. The summed E-state index contributed by atoms with van der Waals surface area (Å²) in [4.78, 5) is 25.3. The lowest BCUT2D eigenvalue weighted by Gasteiger charge is -2.17. The predicted molar refractivity (Wildman–Crippen MR) is 138 cm³/mol. The summed E-state index contributed by atoms with van der Waals surface area (Å²) >= 11 is 0. The summed E-state index contributed by atoms with van der Waals surface area (Å²) in [6, 6.07) is 23.6. The van der Waals surface area contributed by atoms with Gasteiger partial charge in [-0.3, -0.25) is 4.79 Å². The van der Waals surface area contributed by atoms with E-state index in [0.717, 1.165) is 16.9 Å². The Balaban J connectivity index is 1.54. The van der Waals surface area contributed by atoms with Crippen LogP contribution in [0.1, 0.15) is 30.6 Å². The molecule has 1 N–H and O–H groups in total. The zero-order chi connectivity index (χ0) is 26.2. The Morgan fingerprint density at radius 1 is 1.00 bits per heavy atom. The average Bonchev–Trinajstić information content (AvgIpc) is 3.36. The van der Waals surface area contributed by atoms with Gasteiger partial charge in [0.15, 0.2) is 6.04 Å². The summed E-state index contributed by atoms with van der Waals surface area (Å²) in [5, 5.41) is 7.51. The maximum Gasteiger partial charge on any atom is 0.333 e. The van der Waals surface area contributed by atoms with Crippen molar-refractivity contribution in [1.82, 2.24) is 15.1 Å². The molecule has 1 amide bonds. The van der Waals surface area contributed by atoms with Gasteiger partial charge in [-0.2, -0.15) is 5.10 Å². The van der Waals surface area contributed by atoms with Crippen LogP contribution >= 0.6 is 0 Å². The first-order chi connectivity index (χ1) is 18.0. The molecule has 8 heteroatoms. The van der Waals surface area contributed by atoms with Crippen LogP contribution < -0.4 is 10.1 Å². The fraction of sp³-hybridized carbons (Fsp3) is 0.207. The number of carbonyl (C=O) groups excluding carboxylic acids is 2. The lowest BCUT2D eigenvalue weighted by Crippen LogP contribution is -2.35. The predicted octanol–water partition coefficient (Wildman–Crippen LogP) is 5.04. The van der Waals surface area contributed by atoms with Gasteiger partial charge in [-0.1, -0.05) is 30.3 Å². The quantitative estimate of drug-likeness (QED) is 0.308. The third-order valence-corrected chi connectivity index (χ3v) is 5.79. The second-order valence-corrected chi connectivity index (χ2v) is 8.30. The molecule has 0 aliphatic rings. The fourth-order valence-corrected chi connectivity index (χ4v) is 3.92. The van der Waals surface area contributed by atoms with E-state index in [1.54, 1.807) is 55.1 Å². The standard InChI is InChI=1S/C29H28FN3O4/c1-3-37-29(35)28(21-7-5-4-6-8-21)31-27(34)18-13-23-19-26(20-9-11-22(30)12-10-20)33(32-23)24-14-16-25(36-2)17-15-24/h4-12,14-17,19,28H,3,13,18H2,1-2H3,(H,31,34)/t28-/m1/s1. The SMILES string of the molecule is CCOC(=O)[C@H](NC(=O)CCc1cc(-c2ccc(F)cc2)n(-c2ccc(OC)cc2)n1)c1ccccc1. The lowest BCUT2D eigenvalue weighted by molar-refractivity contribution is -0.147. The van der Waals surface area contributed by atoms with E-state index in [2.05, 4.69) is 5.32 Å². The summed E-state index contributed by atoms with van der Waals surface area (Å²) < 4.78 is 25.7. The van der Waals surface area contributed by atoms with Crippen molar-refractivity contribution in [3.8, 4) is 22.7 Å². The van der Waals surface area contributed by atoms with Crippen molar-refractivity contribution in [3.63, 3.8) is 0 Å². The molecule has 7 nitrogen and oxygen atoms in total. The van der Waals surface area contributed by atoms with E-state index in [9.17, 15) is 14.0 Å². The Hall–Kier alpha value is -4.46. The molecule has 3 aromatic carbocycles. The number of ether oxygens (including phenoxy) is 2. The number of nitrogens with zero attached hydrogens (tertiary/aromatic N) is 2. The third kappa shape index (κ3) is 6.41. The number of aromatic nitrogens is 2. The third-order valence-electron chi connectivity index (χ3n) is 5.79. The molecular formula is C29H28FN3O4. The van der Waals surface area contributed by atoms with Gasteiger partial charge < -0.3 is 14.8 Å². The topological polar surface area (TPSA) is 82.5 Å². The number of benzene rings is 3. The van der Waals surface area contributed by atoms with Gasteiger partial charge in [0.25, 0.3) is 0 Å². The molecule has 0 aliphatic heterocycles. The van der Waals surface area contributed by atoms with Crippen LogP contribution in [0.25, 0.3) is 16.9 Å². The molecule has 0 aliphatic carbocycles. The molecule has 1 aromatic heterocycles. The number of halogens is 1. The maximum absolute atomic E-state index is 13.5. The minimum Gasteiger partial charge on any atom is -0.497 e. The van der Waals surface area contributed by atoms with Crippen LogP contribution in [0.15, 0.2) is 84.9 Å². The van der Waals surface area contributed by atoms with Gasteiger partial charge in [-0.25, -0.2) is 13.9 Å². The molecule has 190 valence electrons. The van der Waals surface area contributed by atoms with Crippen molar-refractivity contribution >= 4 is 11.9 Å². The van der Waals surface area contributed by atoms with Gasteiger partial charge >= 0.3 is 5.97 Å². The van der Waals surface area contributed by atoms with Gasteiger partial charge in [-0.05, 0) is 67.1 Å². The van der Waals surface area contributed by atoms with Crippen LogP contribution in [0.2, 0.25) is 0 Å². The van der Waals surface area contributed by atoms with Crippen molar-refractivity contribution in [2.45, 2.75) is 25.8 Å². The Kier molecular flexibility index (Phi) is 8.30. The number of rotatable bonds is 10. The molecule has 0 radical (unpaired) electrons. The minimum atomic E-state index is -0.889. The molecule has 4 rings (SSSR count). The highest BCUT2D eigenvalue weighted by Gasteiger charge is 2.24. The van der Waals surface area contributed by atoms with Crippen molar-refractivity contribution < 1.29 is 23.5 Å². The summed E-state index contributed by atoms with van der Waals surface area (Å²) in [7, 11) is 1.60. The molecule has 0 saturated carbocycles. The van der Waals surface area contributed by atoms with E-state index in [-0.39, 0.29) is 24.8 Å². The number of hydrogen-bond donors (Lipinski definition) is 1. The van der Waals surface area contributed by atoms with Crippen LogP contribution in [-0.4, -0.2) is 35.4 Å². The number of esters is 1. The second kappa shape index (κ2) is 12.0. The van der Waals surface area contributed by atoms with Crippen LogP contribution in [0.4, 0.5) is 4.39 Å². The highest BCUT2D eigenvalue weighted by molar-refractivity contribution is 5.85. The average molecular weight is 502 g/mol. The van der Waals surface area contributed by atoms with Gasteiger partial charge in [-0.15, -0.1) is 0 Å². The van der Waals surface area contributed by atoms with Crippen molar-refractivity contribution in [2.24, 2.45) is 0 Å². The Morgan fingerprint density at radius 2 is 1.70 bits per heavy atom. The van der Waals surface area contributed by atoms with Crippen LogP contribution in [0.3, 0.4) is 0 Å². The highest BCUT2D eigenvalue weighted by Crippen LogP contribution is 2.26. The van der Waals surface area contributed by atoms with Gasteiger partial charge in [0, 0.05) is 18.4 Å². The molecule has 0 spiro atoms. The number of methoxy groups -OCH3 is 1. The molecule has 1 heterocycles. The Morgan fingerprint density at radius 3 is 2.35 bits per heavy atom. The fourth-order valence-electron chi connectivity index (χ4n) is 3.92. The van der Waals surface area contributed by atoms with Crippen molar-refractivity contribution in [2.75, 3.05) is 13.7 Å². The number of nitrogens with one attached hydrogen (secondary N) is 1. The Bertz CT molecular complexity index is 1340. The van der Waals surface area contributed by atoms with E-state index in [4.69, 9.17) is 14.6 Å². The van der Waals surface area contributed by atoms with E-state index < -0.39 is 12.0 Å². The monoisotopic (exact) mass is 501 g/mol. The van der Waals surface area contributed by atoms with E-state index in [1.165, 1.54) is 12.1 Å². The summed E-state index contributed by atoms with van der Waals surface area (Å²) in [5.74, 6) is -0.426. The second-order valence-electron chi connectivity index (χ2n) is 8.30. The molecule has 4 aromatic rings. The number of carbonyl (C=O) groups is 2. The van der Waals surface area contributed by atoms with Crippen LogP contribution in [0, 0.1) is 5.82 Å². The van der Waals surface area contributed by atoms with E-state index in [0.29, 0.717) is 23.4 Å². The van der Waals surface area contributed by atoms with Gasteiger partial charge in [0.05, 0.1) is 30.8 Å². The van der Waals surface area contributed by atoms with E-state index >= 15 is 0 Å². The zero-order valence-corrected chi connectivity index (χ0v) is 20.7. The summed E-state index contributed by atoms with van der Waals surface area (Å²) in [6.07, 6.45) is 0.457. The first-order valence-corrected chi connectivity index (χ1v) is 12.0. The smallest absolute Gasteiger partial charge is 0.333 e. The van der Waals surface area contributed by atoms with Crippen molar-refractivity contribution in [1.29, 1.82) is 0 Å². The van der Waals surface area contributed by atoms with Crippen molar-refractivity contribution in [3.05, 3.63) is 102 Å². The highest BCUT2D eigenvalue weighted by atomic mass is 19.1. The molecule has 1 atom stereocenters. The summed E-state index contributed by atoms with van der Waals surface area (Å²) in [6.45, 7) is 1.94. The molecule has 0 unspecified atom stereocenters. The Labute approximate surface area is 214 Å². The molecule has 37 heavy (non-hydrogen) atoms. The summed E-state index contributed by atoms with van der Waals surface area (Å²) in [5.41, 5.74) is 3.66. The van der Waals surface area contributed by atoms with Gasteiger partial charge in [0.2, 0.25) is 5.91 Å². The first-order valence-electron chi connectivity index (χ1n) is 12.0. The van der Waals surface area contributed by atoms with Crippen LogP contribution in [-0.2, 0) is 20.7 Å². The minimum absolute atomic E-state index is 0.116. The zero-order valence-electron chi connectivity index (χ0n) is 20.7.